The minimum atomic E-state index is 0.122. The highest BCUT2D eigenvalue weighted by Gasteiger charge is 2.20. The monoisotopic (exact) mass is 414 g/mol. The minimum absolute atomic E-state index is 0.122. The van der Waals surface area contributed by atoms with Crippen molar-refractivity contribution in [2.24, 2.45) is 0 Å². The van der Waals surface area contributed by atoms with Crippen molar-refractivity contribution >= 4 is 23.2 Å². The number of nitrogens with two attached hydrogens (primary N) is 1. The molecule has 9 heteroatoms. The van der Waals surface area contributed by atoms with Crippen LogP contribution >= 0.6 is 0 Å². The molecular formula is C22H22N8O. The summed E-state index contributed by atoms with van der Waals surface area (Å²) in [6.07, 6.45) is 7.25. The van der Waals surface area contributed by atoms with Crippen LogP contribution in [0.25, 0.3) is 28.0 Å². The van der Waals surface area contributed by atoms with Gasteiger partial charge in [-0.25, -0.2) is 14.5 Å². The van der Waals surface area contributed by atoms with E-state index in [2.05, 4.69) is 25.0 Å². The highest BCUT2D eigenvalue weighted by atomic mass is 16.2. The Labute approximate surface area is 179 Å². The summed E-state index contributed by atoms with van der Waals surface area (Å²) >= 11 is 0. The Kier molecular flexibility index (Phi) is 4.70. The topological polar surface area (TPSA) is 106 Å². The van der Waals surface area contributed by atoms with E-state index in [4.69, 9.17) is 5.73 Å². The number of pyridine rings is 2. The van der Waals surface area contributed by atoms with Crippen LogP contribution in [0.3, 0.4) is 0 Å². The van der Waals surface area contributed by atoms with Gasteiger partial charge in [-0.15, -0.1) is 5.10 Å². The third-order valence-electron chi connectivity index (χ3n) is 5.55. The first-order valence-electron chi connectivity index (χ1n) is 10.1. The van der Waals surface area contributed by atoms with E-state index in [1.165, 1.54) is 0 Å². The van der Waals surface area contributed by atoms with Gasteiger partial charge in [-0.1, -0.05) is 6.07 Å². The molecule has 31 heavy (non-hydrogen) atoms. The molecule has 1 aliphatic heterocycles. The van der Waals surface area contributed by atoms with E-state index in [0.29, 0.717) is 11.5 Å². The molecule has 0 aliphatic carbocycles. The first kappa shape index (κ1) is 19.0. The zero-order valence-electron chi connectivity index (χ0n) is 17.1. The number of piperazine rings is 1. The molecule has 0 aromatic carbocycles. The van der Waals surface area contributed by atoms with Gasteiger partial charge in [0.05, 0.1) is 11.3 Å². The lowest BCUT2D eigenvalue weighted by molar-refractivity contribution is -0.129. The molecule has 156 valence electrons. The Balaban J connectivity index is 1.39. The van der Waals surface area contributed by atoms with Crippen LogP contribution in [-0.4, -0.2) is 61.6 Å². The summed E-state index contributed by atoms with van der Waals surface area (Å²) in [6, 6.07) is 9.68. The molecule has 1 saturated heterocycles. The van der Waals surface area contributed by atoms with Gasteiger partial charge in [0.15, 0.2) is 11.5 Å². The third-order valence-corrected chi connectivity index (χ3v) is 5.55. The number of rotatable bonds is 3. The molecule has 5 rings (SSSR count). The number of anilines is 2. The molecule has 1 fully saturated rings. The molecule has 0 saturated carbocycles. The number of hydrogen-bond acceptors (Lipinski definition) is 7. The summed E-state index contributed by atoms with van der Waals surface area (Å²) in [5.74, 6) is 1.42. The Morgan fingerprint density at radius 1 is 0.968 bits per heavy atom. The van der Waals surface area contributed by atoms with Crippen molar-refractivity contribution in [2.75, 3.05) is 36.8 Å². The number of fused-ring (bicyclic) bond motifs is 1. The van der Waals surface area contributed by atoms with Gasteiger partial charge in [0, 0.05) is 69.0 Å². The molecule has 2 N–H and O–H groups in total. The normalized spacial score (nSPS) is 14.2. The van der Waals surface area contributed by atoms with Crippen molar-refractivity contribution in [1.82, 2.24) is 29.5 Å². The summed E-state index contributed by atoms with van der Waals surface area (Å²) in [6.45, 7) is 4.61. The average molecular weight is 414 g/mol. The smallest absolute Gasteiger partial charge is 0.219 e. The van der Waals surface area contributed by atoms with Gasteiger partial charge in [-0.05, 0) is 24.3 Å². The molecule has 9 nitrogen and oxygen atoms in total. The predicted octanol–water partition coefficient (Wildman–Crippen LogP) is 2.10. The van der Waals surface area contributed by atoms with Gasteiger partial charge in [0.25, 0.3) is 0 Å². The number of carbonyl (C=O) groups is 1. The summed E-state index contributed by atoms with van der Waals surface area (Å²) in [5.41, 5.74) is 10.1. The van der Waals surface area contributed by atoms with Gasteiger partial charge in [-0.3, -0.25) is 9.78 Å². The quantitative estimate of drug-likeness (QED) is 0.547. The zero-order chi connectivity index (χ0) is 21.4. The second-order valence-electron chi connectivity index (χ2n) is 7.48. The zero-order valence-corrected chi connectivity index (χ0v) is 17.1. The van der Waals surface area contributed by atoms with E-state index in [1.807, 2.05) is 47.6 Å². The fraction of sp³-hybridized carbons (Fsp3) is 0.227. The molecule has 1 aliphatic rings. The van der Waals surface area contributed by atoms with Crippen LogP contribution in [0, 0.1) is 0 Å². The average Bonchev–Trinajstić information content (AvgIpc) is 3.14. The summed E-state index contributed by atoms with van der Waals surface area (Å²) in [5, 5.41) is 4.42. The number of aromatic nitrogens is 5. The van der Waals surface area contributed by atoms with E-state index >= 15 is 0 Å². The number of nitrogen functional groups attached to an aromatic ring is 1. The fourth-order valence-electron chi connectivity index (χ4n) is 3.85. The van der Waals surface area contributed by atoms with Crippen molar-refractivity contribution in [3.8, 4) is 22.4 Å². The van der Waals surface area contributed by atoms with Crippen LogP contribution in [-0.2, 0) is 4.79 Å². The first-order chi connectivity index (χ1) is 15.1. The second-order valence-corrected chi connectivity index (χ2v) is 7.48. The molecule has 0 bridgehead atoms. The maximum absolute atomic E-state index is 11.5. The Bertz CT molecular complexity index is 1230. The summed E-state index contributed by atoms with van der Waals surface area (Å²) in [4.78, 5) is 29.2. The van der Waals surface area contributed by atoms with Crippen molar-refractivity contribution in [1.29, 1.82) is 0 Å². The third kappa shape index (κ3) is 3.54. The van der Waals surface area contributed by atoms with Crippen molar-refractivity contribution in [2.45, 2.75) is 6.92 Å². The van der Waals surface area contributed by atoms with Crippen molar-refractivity contribution in [3.63, 3.8) is 0 Å². The summed E-state index contributed by atoms with van der Waals surface area (Å²) in [7, 11) is 0. The molecule has 4 aromatic heterocycles. The van der Waals surface area contributed by atoms with Crippen LogP contribution < -0.4 is 10.6 Å². The van der Waals surface area contributed by atoms with Crippen LogP contribution in [0.2, 0.25) is 0 Å². The molecule has 0 radical (unpaired) electrons. The van der Waals surface area contributed by atoms with Gasteiger partial charge in [0.1, 0.15) is 5.82 Å². The number of hydrogen-bond donors (Lipinski definition) is 1. The van der Waals surface area contributed by atoms with Crippen molar-refractivity contribution in [3.05, 3.63) is 55.1 Å². The maximum Gasteiger partial charge on any atom is 0.219 e. The molecule has 5 heterocycles. The van der Waals surface area contributed by atoms with Crippen LogP contribution in [0.15, 0.2) is 55.1 Å². The lowest BCUT2D eigenvalue weighted by Gasteiger charge is -2.34. The molecule has 0 atom stereocenters. The highest BCUT2D eigenvalue weighted by molar-refractivity contribution is 5.84. The highest BCUT2D eigenvalue weighted by Crippen LogP contribution is 2.29. The lowest BCUT2D eigenvalue weighted by Crippen LogP contribution is -2.48. The number of carbonyl (C=O) groups excluding carboxylic acids is 1. The van der Waals surface area contributed by atoms with Crippen LogP contribution in [0.4, 0.5) is 11.6 Å². The van der Waals surface area contributed by atoms with Crippen LogP contribution in [0.1, 0.15) is 6.92 Å². The summed E-state index contributed by atoms with van der Waals surface area (Å²) < 4.78 is 1.68. The van der Waals surface area contributed by atoms with Gasteiger partial charge < -0.3 is 15.5 Å². The number of nitrogens with zero attached hydrogens (tertiary/aromatic N) is 7. The van der Waals surface area contributed by atoms with Crippen LogP contribution in [0.5, 0.6) is 0 Å². The Morgan fingerprint density at radius 2 is 1.77 bits per heavy atom. The first-order valence-corrected chi connectivity index (χ1v) is 10.1. The van der Waals surface area contributed by atoms with E-state index < -0.39 is 0 Å². The molecule has 0 unspecified atom stereocenters. The fourth-order valence-corrected chi connectivity index (χ4v) is 3.85. The molecule has 0 spiro atoms. The number of amides is 1. The van der Waals surface area contributed by atoms with Gasteiger partial charge >= 0.3 is 0 Å². The Morgan fingerprint density at radius 3 is 2.45 bits per heavy atom. The van der Waals surface area contributed by atoms with Gasteiger partial charge in [0.2, 0.25) is 5.91 Å². The molecular weight excluding hydrogens is 392 g/mol. The van der Waals surface area contributed by atoms with E-state index in [0.717, 1.165) is 54.4 Å². The van der Waals surface area contributed by atoms with E-state index in [1.54, 1.807) is 23.8 Å². The minimum Gasteiger partial charge on any atom is -0.382 e. The largest absolute Gasteiger partial charge is 0.382 e. The predicted molar refractivity (Wildman–Crippen MR) is 118 cm³/mol. The van der Waals surface area contributed by atoms with Crippen molar-refractivity contribution < 1.29 is 4.79 Å². The van der Waals surface area contributed by atoms with Gasteiger partial charge in [-0.2, -0.15) is 0 Å². The van der Waals surface area contributed by atoms with E-state index in [9.17, 15) is 4.79 Å². The molecule has 4 aromatic rings. The lowest BCUT2D eigenvalue weighted by atomic mass is 10.1. The second kappa shape index (κ2) is 7.67. The Hall–Kier alpha value is -4.01. The molecule has 1 amide bonds. The standard InChI is InChI=1S/C22H22N8O/c1-15(31)28-8-10-29(11-9-28)19-6-5-16(12-25-19)17-13-26-22-20(18-4-2-3-7-24-18)21(23)27-30(22)14-17/h2-7,12-14H,8-11H2,1H3,(H2,23,27). The SMILES string of the molecule is CC(=O)N1CCN(c2ccc(-c3cnc4c(-c5ccccn5)c(N)nn4c3)cn2)CC1. The van der Waals surface area contributed by atoms with E-state index in [-0.39, 0.29) is 5.91 Å². The maximum atomic E-state index is 11.5.